The molecule has 1 aliphatic heterocycles. The number of rotatable bonds is 6. The van der Waals surface area contributed by atoms with Crippen LogP contribution in [0.15, 0.2) is 71.4 Å². The second-order valence-electron chi connectivity index (χ2n) is 6.25. The van der Waals surface area contributed by atoms with Crippen LogP contribution >= 0.6 is 0 Å². The highest BCUT2D eigenvalue weighted by molar-refractivity contribution is 6.14. The van der Waals surface area contributed by atoms with E-state index in [0.29, 0.717) is 33.7 Å². The molecule has 1 N–H and O–H groups in total. The van der Waals surface area contributed by atoms with E-state index in [1.165, 1.54) is 24.5 Å². The van der Waals surface area contributed by atoms with Crippen LogP contribution in [0, 0.1) is 5.82 Å². The zero-order valence-corrected chi connectivity index (χ0v) is 15.0. The number of halogens is 1. The van der Waals surface area contributed by atoms with E-state index in [2.05, 4.69) is 5.16 Å². The molecule has 0 aromatic heterocycles. The first-order valence-electron chi connectivity index (χ1n) is 8.66. The normalized spacial score (nSPS) is 10.8. The molecule has 1 aliphatic carbocycles. The van der Waals surface area contributed by atoms with Crippen molar-refractivity contribution < 1.29 is 28.3 Å². The van der Waals surface area contributed by atoms with Crippen molar-refractivity contribution in [3.05, 3.63) is 83.9 Å². The molecule has 2 aromatic carbocycles. The number of aliphatic carboxylic acids is 1. The Morgan fingerprint density at radius 1 is 0.966 bits per heavy atom. The van der Waals surface area contributed by atoms with Crippen LogP contribution in [0.3, 0.4) is 0 Å². The zero-order chi connectivity index (χ0) is 20.4. The van der Waals surface area contributed by atoms with E-state index < -0.39 is 24.2 Å². The van der Waals surface area contributed by atoms with Crippen molar-refractivity contribution >= 4 is 11.8 Å². The van der Waals surface area contributed by atoms with Gasteiger partial charge < -0.3 is 14.4 Å². The summed E-state index contributed by atoms with van der Waals surface area (Å²) in [5.41, 5.74) is 2.69. The van der Waals surface area contributed by atoms with Gasteiger partial charge in [-0.15, -0.1) is 0 Å². The molecule has 144 valence electrons. The molecule has 0 fully saturated rings. The monoisotopic (exact) mass is 391 g/mol. The van der Waals surface area contributed by atoms with Gasteiger partial charge in [-0.1, -0.05) is 23.4 Å². The van der Waals surface area contributed by atoms with Crippen LogP contribution in [0.4, 0.5) is 4.39 Å². The lowest BCUT2D eigenvalue weighted by Crippen LogP contribution is -2.09. The average molecular weight is 391 g/mol. The van der Waals surface area contributed by atoms with Crippen LogP contribution < -0.4 is 4.74 Å². The predicted octanol–water partition coefficient (Wildman–Crippen LogP) is 4.28. The summed E-state index contributed by atoms with van der Waals surface area (Å²) in [5.74, 6) is -1.70. The van der Waals surface area contributed by atoms with Gasteiger partial charge in [-0.2, -0.15) is 0 Å². The molecule has 2 aliphatic rings. The highest BCUT2D eigenvalue weighted by atomic mass is 19.1. The molecule has 0 unspecified atom stereocenters. The summed E-state index contributed by atoms with van der Waals surface area (Å²) < 4.78 is 24.3. The Labute approximate surface area is 164 Å². The number of ether oxygens (including phenoxy) is 1. The smallest absolute Gasteiger partial charge is 0.341 e. The van der Waals surface area contributed by atoms with Crippen molar-refractivity contribution in [1.82, 2.24) is 5.16 Å². The first kappa shape index (κ1) is 18.4. The first-order valence-corrected chi connectivity index (χ1v) is 8.66. The van der Waals surface area contributed by atoms with Gasteiger partial charge in [0.25, 0.3) is 0 Å². The molecule has 0 bridgehead atoms. The van der Waals surface area contributed by atoms with E-state index >= 15 is 0 Å². The van der Waals surface area contributed by atoms with Crippen molar-refractivity contribution in [2.75, 3.05) is 6.61 Å². The third kappa shape index (κ3) is 3.58. The Morgan fingerprint density at radius 3 is 2.45 bits per heavy atom. The van der Waals surface area contributed by atoms with Crippen molar-refractivity contribution in [2.45, 2.75) is 0 Å². The molecule has 6 nitrogen and oxygen atoms in total. The Hall–Kier alpha value is -4.00. The van der Waals surface area contributed by atoms with Gasteiger partial charge in [-0.05, 0) is 42.5 Å². The first-order chi connectivity index (χ1) is 14.0. The molecule has 0 saturated carbocycles. The van der Waals surface area contributed by atoms with E-state index in [9.17, 15) is 14.0 Å². The molecule has 7 heteroatoms. The fourth-order valence-electron chi connectivity index (χ4n) is 3.06. The maximum atomic E-state index is 14.0. The van der Waals surface area contributed by atoms with E-state index in [1.54, 1.807) is 42.5 Å². The number of nitrogens with zero attached hydrogens (tertiary/aromatic N) is 1. The quantitative estimate of drug-likeness (QED) is 0.494. The Kier molecular flexibility index (Phi) is 4.78. The molecule has 0 saturated heterocycles. The second kappa shape index (κ2) is 7.55. The van der Waals surface area contributed by atoms with E-state index in [-0.39, 0.29) is 5.56 Å². The van der Waals surface area contributed by atoms with Crippen molar-refractivity contribution in [3.63, 3.8) is 0 Å². The summed E-state index contributed by atoms with van der Waals surface area (Å²) in [6.45, 7) is -0.438. The van der Waals surface area contributed by atoms with Crippen LogP contribution in [-0.2, 0) is 4.79 Å². The maximum Gasteiger partial charge on any atom is 0.341 e. The number of carboxylic acids is 1. The summed E-state index contributed by atoms with van der Waals surface area (Å²) >= 11 is 0. The van der Waals surface area contributed by atoms with Gasteiger partial charge in [-0.3, -0.25) is 4.79 Å². The molecular weight excluding hydrogens is 377 g/mol. The lowest BCUT2D eigenvalue weighted by atomic mass is 9.98. The topological polar surface area (TPSA) is 89.6 Å². The largest absolute Gasteiger partial charge is 0.482 e. The predicted molar refractivity (Wildman–Crippen MR) is 102 cm³/mol. The molecule has 0 spiro atoms. The fraction of sp³-hybridized carbons (Fsp3) is 0.0455. The number of ketones is 1. The standard InChI is InChI=1S/C22H14FNO5/c23-19-4-2-1-3-17(19)22(27)16-10-9-15-18(16)11-29-24-21(15)13-5-7-14(8-6-13)28-12-20(25)26/h1-11H,12H2,(H,25,26). The molecule has 0 atom stereocenters. The summed E-state index contributed by atoms with van der Waals surface area (Å²) in [6, 6.07) is 15.8. The minimum Gasteiger partial charge on any atom is -0.482 e. The van der Waals surface area contributed by atoms with Crippen LogP contribution in [-0.4, -0.2) is 28.6 Å². The molecule has 29 heavy (non-hydrogen) atoms. The van der Waals surface area contributed by atoms with Crippen LogP contribution in [0.25, 0.3) is 22.4 Å². The Morgan fingerprint density at radius 2 is 1.72 bits per heavy atom. The average Bonchev–Trinajstić information content (AvgIpc) is 3.17. The lowest BCUT2D eigenvalue weighted by Gasteiger charge is -2.09. The number of fused-ring (bicyclic) bond motifs is 1. The van der Waals surface area contributed by atoms with Crippen LogP contribution in [0.1, 0.15) is 15.9 Å². The van der Waals surface area contributed by atoms with Gasteiger partial charge in [0.2, 0.25) is 0 Å². The molecule has 0 amide bonds. The summed E-state index contributed by atoms with van der Waals surface area (Å²) in [4.78, 5) is 23.4. The molecule has 4 rings (SSSR count). The minimum absolute atomic E-state index is 0.0155. The zero-order valence-electron chi connectivity index (χ0n) is 15.0. The number of benzene rings is 2. The summed E-state index contributed by atoms with van der Waals surface area (Å²) in [5, 5.41) is 12.7. The molecule has 0 radical (unpaired) electrons. The Balaban J connectivity index is 1.66. The molecular formula is C22H14FNO5. The number of aromatic nitrogens is 1. The number of carbonyl (C=O) groups excluding carboxylic acids is 1. The van der Waals surface area contributed by atoms with Crippen LogP contribution in [0.5, 0.6) is 5.75 Å². The maximum absolute atomic E-state index is 14.0. The van der Waals surface area contributed by atoms with Crippen molar-refractivity contribution in [3.8, 4) is 28.1 Å². The number of carbonyl (C=O) groups is 2. The number of carboxylic acid groups (broad SMARTS) is 1. The fourth-order valence-corrected chi connectivity index (χ4v) is 3.06. The van der Waals surface area contributed by atoms with E-state index in [4.69, 9.17) is 14.4 Å². The lowest BCUT2D eigenvalue weighted by molar-refractivity contribution is -0.139. The number of hydrogen-bond acceptors (Lipinski definition) is 5. The summed E-state index contributed by atoms with van der Waals surface area (Å²) in [7, 11) is 0. The highest BCUT2D eigenvalue weighted by Crippen LogP contribution is 2.37. The van der Waals surface area contributed by atoms with Crippen molar-refractivity contribution in [1.29, 1.82) is 0 Å². The van der Waals surface area contributed by atoms with Gasteiger partial charge in [0.15, 0.2) is 12.4 Å². The van der Waals surface area contributed by atoms with E-state index in [0.717, 1.165) is 0 Å². The van der Waals surface area contributed by atoms with Gasteiger partial charge >= 0.3 is 5.97 Å². The minimum atomic E-state index is -1.07. The molecule has 2 aromatic rings. The van der Waals surface area contributed by atoms with Gasteiger partial charge in [-0.25, -0.2) is 9.18 Å². The summed E-state index contributed by atoms with van der Waals surface area (Å²) in [6.07, 6.45) is 1.36. The molecule has 1 heterocycles. The second-order valence-corrected chi connectivity index (χ2v) is 6.25. The van der Waals surface area contributed by atoms with Gasteiger partial charge in [0.1, 0.15) is 23.5 Å². The Bertz CT molecular complexity index is 1170. The van der Waals surface area contributed by atoms with Crippen LogP contribution in [0.2, 0.25) is 0 Å². The van der Waals surface area contributed by atoms with Crippen molar-refractivity contribution in [2.24, 2.45) is 0 Å². The third-order valence-electron chi connectivity index (χ3n) is 4.42. The third-order valence-corrected chi connectivity index (χ3v) is 4.42. The van der Waals surface area contributed by atoms with E-state index in [1.807, 2.05) is 0 Å². The SMILES string of the molecule is O=C(O)COc1ccc(-c2nocc3c(C(=O)c4ccccc4F)ccc2-3)cc1. The van der Waals surface area contributed by atoms with Gasteiger partial charge in [0.05, 0.1) is 5.56 Å². The number of hydrogen-bond donors (Lipinski definition) is 1. The highest BCUT2D eigenvalue weighted by Gasteiger charge is 2.23. The van der Waals surface area contributed by atoms with Gasteiger partial charge in [0, 0.05) is 22.3 Å².